The Balaban J connectivity index is 1.11. The number of fused-ring (bicyclic) bond motifs is 2. The number of pyridine rings is 1. The fourth-order valence-corrected chi connectivity index (χ4v) is 6.50. The second-order valence-electron chi connectivity index (χ2n) is 11.2. The third-order valence-electron chi connectivity index (χ3n) is 8.51. The fourth-order valence-electron chi connectivity index (χ4n) is 6.50. The average molecular weight is 572 g/mol. The number of phenolic OH excluding ortho intramolecular Hbond substituents is 1. The van der Waals surface area contributed by atoms with Crippen molar-refractivity contribution in [2.75, 3.05) is 48.3 Å². The average Bonchev–Trinajstić information content (AvgIpc) is 3.27. The van der Waals surface area contributed by atoms with Crippen molar-refractivity contribution in [1.82, 2.24) is 9.88 Å². The van der Waals surface area contributed by atoms with Gasteiger partial charge >= 0.3 is 11.9 Å². The first kappa shape index (κ1) is 27.7. The molecule has 3 aromatic rings. The van der Waals surface area contributed by atoms with Gasteiger partial charge in [-0.05, 0) is 50.1 Å². The number of likely N-dealkylation sites (tertiary alicyclic amines) is 1. The summed E-state index contributed by atoms with van der Waals surface area (Å²) in [6, 6.07) is 18.1. The van der Waals surface area contributed by atoms with Crippen molar-refractivity contribution in [3.05, 3.63) is 60.8 Å². The quantitative estimate of drug-likeness (QED) is 0.336. The number of aromatic hydroxyl groups is 1. The van der Waals surface area contributed by atoms with Crippen LogP contribution >= 0.6 is 0 Å². The molecule has 0 saturated carbocycles. The lowest BCUT2D eigenvalue weighted by molar-refractivity contribution is -0.160. The molecule has 0 aliphatic carbocycles. The van der Waals surface area contributed by atoms with Crippen molar-refractivity contribution in [3.63, 3.8) is 0 Å². The molecule has 0 radical (unpaired) electrons. The molecule has 42 heavy (non-hydrogen) atoms. The molecule has 6 rings (SSSR count). The van der Waals surface area contributed by atoms with Crippen molar-refractivity contribution >= 4 is 28.9 Å². The molecule has 1 aromatic heterocycles. The summed E-state index contributed by atoms with van der Waals surface area (Å²) in [5.41, 5.74) is 10.5. The van der Waals surface area contributed by atoms with Crippen LogP contribution in [0.25, 0.3) is 11.3 Å². The number of nitrogen functional groups attached to an aromatic ring is 1. The lowest BCUT2D eigenvalue weighted by Crippen LogP contribution is -2.54. The Morgan fingerprint density at radius 2 is 1.74 bits per heavy atom. The number of piperazine rings is 1. The number of esters is 1. The first-order valence-corrected chi connectivity index (χ1v) is 14.7. The zero-order valence-electron chi connectivity index (χ0n) is 23.8. The second kappa shape index (κ2) is 11.8. The molecule has 10 nitrogen and oxygen atoms in total. The Kier molecular flexibility index (Phi) is 7.78. The van der Waals surface area contributed by atoms with Gasteiger partial charge in [0.25, 0.3) is 0 Å². The highest BCUT2D eigenvalue weighted by atomic mass is 16.5. The van der Waals surface area contributed by atoms with Crippen LogP contribution < -0.4 is 20.3 Å². The van der Waals surface area contributed by atoms with E-state index in [1.807, 2.05) is 30.3 Å². The number of ether oxygens (including phenoxy) is 2. The maximum absolute atomic E-state index is 12.2. The van der Waals surface area contributed by atoms with Crippen molar-refractivity contribution in [2.24, 2.45) is 0 Å². The van der Waals surface area contributed by atoms with Crippen LogP contribution in [-0.2, 0) is 14.3 Å². The standard InChI is InChI=1S/C32H37N5O5/c1-2-41-32(40)31(39)35-14-12-24(13-15-35)42-25-7-5-6-21(16-25)37-22-10-11-23(37)20-36(19-22)29-17-28(34-18-27(29)33)26-8-3-4-9-30(26)38/h3-9,16-18,22-24,38H,2,10-15,19-20,33H2,1H3/t22-,23+. The van der Waals surface area contributed by atoms with Gasteiger partial charge in [0.1, 0.15) is 17.6 Å². The molecule has 2 atom stereocenters. The summed E-state index contributed by atoms with van der Waals surface area (Å²) < 4.78 is 11.2. The van der Waals surface area contributed by atoms with E-state index in [-0.39, 0.29) is 18.5 Å². The maximum Gasteiger partial charge on any atom is 0.397 e. The number of piperidine rings is 1. The van der Waals surface area contributed by atoms with Gasteiger partial charge in [0.05, 0.1) is 29.9 Å². The molecule has 2 aromatic carbocycles. The number of nitrogens with two attached hydrogens (primary N) is 1. The summed E-state index contributed by atoms with van der Waals surface area (Å²) in [7, 11) is 0. The number of phenols is 1. The topological polar surface area (TPSA) is 121 Å². The number of carbonyl (C=O) groups excluding carboxylic acids is 2. The van der Waals surface area contributed by atoms with E-state index in [0.717, 1.165) is 43.1 Å². The number of rotatable bonds is 6. The number of aromatic nitrogens is 1. The lowest BCUT2D eigenvalue weighted by Gasteiger charge is -2.44. The molecule has 3 aliphatic rings. The normalized spacial score (nSPS) is 20.5. The molecule has 0 spiro atoms. The molecule has 1 amide bonds. The van der Waals surface area contributed by atoms with E-state index in [1.165, 1.54) is 0 Å². The van der Waals surface area contributed by atoms with Crippen molar-refractivity contribution in [3.8, 4) is 22.8 Å². The van der Waals surface area contributed by atoms with Gasteiger partial charge in [-0.2, -0.15) is 0 Å². The lowest BCUT2D eigenvalue weighted by atomic mass is 10.1. The highest BCUT2D eigenvalue weighted by molar-refractivity contribution is 6.32. The summed E-state index contributed by atoms with van der Waals surface area (Å²) in [6.45, 7) is 4.49. The number of para-hydroxylation sites is 1. The first-order chi connectivity index (χ1) is 20.4. The minimum Gasteiger partial charge on any atom is -0.507 e. The minimum absolute atomic E-state index is 0.0204. The molecule has 0 unspecified atom stereocenters. The zero-order chi connectivity index (χ0) is 29.2. The Hall–Kier alpha value is -4.47. The smallest absolute Gasteiger partial charge is 0.397 e. The number of anilines is 3. The van der Waals surface area contributed by atoms with Crippen LogP contribution in [0.3, 0.4) is 0 Å². The molecule has 4 heterocycles. The molecule has 3 aliphatic heterocycles. The monoisotopic (exact) mass is 571 g/mol. The van der Waals surface area contributed by atoms with E-state index in [2.05, 4.69) is 26.9 Å². The van der Waals surface area contributed by atoms with Gasteiger partial charge in [-0.1, -0.05) is 18.2 Å². The molecule has 3 saturated heterocycles. The largest absolute Gasteiger partial charge is 0.507 e. The Morgan fingerprint density at radius 1 is 1.00 bits per heavy atom. The molecule has 220 valence electrons. The Bertz CT molecular complexity index is 1440. The van der Waals surface area contributed by atoms with Crippen LogP contribution in [0.1, 0.15) is 32.6 Å². The predicted molar refractivity (Wildman–Crippen MR) is 161 cm³/mol. The van der Waals surface area contributed by atoms with Crippen LogP contribution in [0.2, 0.25) is 0 Å². The third-order valence-corrected chi connectivity index (χ3v) is 8.51. The Morgan fingerprint density at radius 3 is 2.45 bits per heavy atom. The van der Waals surface area contributed by atoms with Gasteiger partial charge in [0.2, 0.25) is 0 Å². The van der Waals surface area contributed by atoms with Crippen LogP contribution in [0.15, 0.2) is 60.8 Å². The highest BCUT2D eigenvalue weighted by Gasteiger charge is 2.40. The molecular weight excluding hydrogens is 534 g/mol. The van der Waals surface area contributed by atoms with Crippen molar-refractivity contribution < 1.29 is 24.2 Å². The van der Waals surface area contributed by atoms with Crippen molar-refractivity contribution in [1.29, 1.82) is 0 Å². The zero-order valence-corrected chi connectivity index (χ0v) is 23.8. The van der Waals surface area contributed by atoms with Crippen LogP contribution in [0.5, 0.6) is 11.5 Å². The number of hydrogen-bond acceptors (Lipinski definition) is 9. The minimum atomic E-state index is -0.790. The van der Waals surface area contributed by atoms with E-state index in [4.69, 9.17) is 15.2 Å². The summed E-state index contributed by atoms with van der Waals surface area (Å²) in [5, 5.41) is 10.4. The summed E-state index contributed by atoms with van der Waals surface area (Å²) in [6.07, 6.45) is 5.18. The third kappa shape index (κ3) is 5.53. The van der Waals surface area contributed by atoms with Crippen LogP contribution in [0.4, 0.5) is 17.1 Å². The second-order valence-corrected chi connectivity index (χ2v) is 11.2. The number of nitrogens with zero attached hydrogens (tertiary/aromatic N) is 4. The van der Waals surface area contributed by atoms with E-state index < -0.39 is 11.9 Å². The van der Waals surface area contributed by atoms with Gasteiger partial charge in [-0.15, -0.1) is 0 Å². The van der Waals surface area contributed by atoms with Crippen LogP contribution in [0, 0.1) is 0 Å². The predicted octanol–water partition coefficient (Wildman–Crippen LogP) is 3.83. The van der Waals surface area contributed by atoms with E-state index in [0.29, 0.717) is 55.0 Å². The van der Waals surface area contributed by atoms with E-state index in [1.54, 1.807) is 30.2 Å². The fraction of sp³-hybridized carbons (Fsp3) is 0.406. The van der Waals surface area contributed by atoms with Gasteiger partial charge in [-0.3, -0.25) is 9.78 Å². The summed E-state index contributed by atoms with van der Waals surface area (Å²) in [4.78, 5) is 35.0. The number of benzene rings is 2. The number of carbonyl (C=O) groups is 2. The van der Waals surface area contributed by atoms with Crippen molar-refractivity contribution in [2.45, 2.75) is 50.8 Å². The van der Waals surface area contributed by atoms with Gasteiger partial charge in [0.15, 0.2) is 0 Å². The molecule has 3 fully saturated rings. The van der Waals surface area contributed by atoms with Crippen LogP contribution in [-0.4, -0.2) is 77.8 Å². The first-order valence-electron chi connectivity index (χ1n) is 14.7. The highest BCUT2D eigenvalue weighted by Crippen LogP contribution is 2.40. The van der Waals surface area contributed by atoms with Gasteiger partial charge < -0.3 is 35.0 Å². The van der Waals surface area contributed by atoms with Gasteiger partial charge in [0, 0.05) is 68.4 Å². The van der Waals surface area contributed by atoms with E-state index >= 15 is 0 Å². The van der Waals surface area contributed by atoms with Gasteiger partial charge in [-0.25, -0.2) is 4.79 Å². The Labute approximate surface area is 245 Å². The SMILES string of the molecule is CCOC(=O)C(=O)N1CCC(Oc2cccc(N3[C@@H]4CC[C@H]3CN(c3cc(-c5ccccc5O)ncc3N)C4)c2)CC1. The molecular formula is C32H37N5O5. The molecule has 3 N–H and O–H groups in total. The van der Waals surface area contributed by atoms with E-state index in [9.17, 15) is 14.7 Å². The number of hydrogen-bond donors (Lipinski definition) is 2. The summed E-state index contributed by atoms with van der Waals surface area (Å²) >= 11 is 0. The molecule has 2 bridgehead atoms. The number of amides is 1. The maximum atomic E-state index is 12.2. The molecule has 10 heteroatoms. The summed E-state index contributed by atoms with van der Waals surface area (Å²) in [5.74, 6) is -0.352.